The van der Waals surface area contributed by atoms with Crippen molar-refractivity contribution >= 4 is 10.0 Å². The average Bonchev–Trinajstić information content (AvgIpc) is 3.43. The Balaban J connectivity index is 1.31. The summed E-state index contributed by atoms with van der Waals surface area (Å²) in [5, 5.41) is 7.63. The van der Waals surface area contributed by atoms with Gasteiger partial charge in [0.1, 0.15) is 0 Å². The molecule has 0 radical (unpaired) electrons. The summed E-state index contributed by atoms with van der Waals surface area (Å²) in [4.78, 5) is 0.382. The van der Waals surface area contributed by atoms with Crippen LogP contribution in [-0.4, -0.2) is 35.6 Å². The minimum Gasteiger partial charge on any atom is -0.309 e. The van der Waals surface area contributed by atoms with Gasteiger partial charge in [0.05, 0.1) is 10.6 Å². The van der Waals surface area contributed by atoms with Gasteiger partial charge in [0, 0.05) is 38.6 Å². The van der Waals surface area contributed by atoms with Crippen LogP contribution in [0.15, 0.2) is 71.9 Å². The Bertz CT molecular complexity index is 992. The van der Waals surface area contributed by atoms with Crippen LogP contribution in [-0.2, 0) is 23.1 Å². The predicted octanol–water partition coefficient (Wildman–Crippen LogP) is 2.95. The lowest BCUT2D eigenvalue weighted by molar-refractivity contribution is 0.477. The van der Waals surface area contributed by atoms with Gasteiger partial charge in [-0.1, -0.05) is 24.3 Å². The molecule has 0 atom stereocenters. The largest absolute Gasteiger partial charge is 0.309 e. The molecule has 0 bridgehead atoms. The number of nitrogens with one attached hydrogen (secondary N) is 1. The molecule has 0 amide bonds. The molecule has 0 spiro atoms. The summed E-state index contributed by atoms with van der Waals surface area (Å²) in [6.07, 6.45) is 5.58. The predicted molar refractivity (Wildman–Crippen MR) is 109 cm³/mol. The van der Waals surface area contributed by atoms with E-state index in [-0.39, 0.29) is 0 Å². The second-order valence-electron chi connectivity index (χ2n) is 6.98. The van der Waals surface area contributed by atoms with E-state index in [1.807, 2.05) is 41.2 Å². The molecule has 4 rings (SSSR count). The van der Waals surface area contributed by atoms with Crippen LogP contribution in [0.2, 0.25) is 0 Å². The van der Waals surface area contributed by atoms with Gasteiger partial charge in [-0.2, -0.15) is 9.40 Å². The first kappa shape index (κ1) is 18.9. The van der Waals surface area contributed by atoms with Gasteiger partial charge < -0.3 is 5.32 Å². The lowest BCUT2D eigenvalue weighted by Crippen LogP contribution is -2.27. The van der Waals surface area contributed by atoms with Crippen LogP contribution in [0.25, 0.3) is 5.69 Å². The van der Waals surface area contributed by atoms with Gasteiger partial charge >= 0.3 is 0 Å². The molecule has 1 N–H and O–H groups in total. The fourth-order valence-corrected chi connectivity index (χ4v) is 4.91. The number of aromatic nitrogens is 2. The molecule has 2 aromatic carbocycles. The Labute approximate surface area is 165 Å². The Morgan fingerprint density at radius 1 is 0.893 bits per heavy atom. The molecular formula is C21H24N4O2S. The van der Waals surface area contributed by atoms with Crippen molar-refractivity contribution in [3.63, 3.8) is 0 Å². The summed E-state index contributed by atoms with van der Waals surface area (Å²) in [5.74, 6) is 0. The Kier molecular flexibility index (Phi) is 5.57. The summed E-state index contributed by atoms with van der Waals surface area (Å²) < 4.78 is 28.5. The zero-order chi connectivity index (χ0) is 19.4. The molecular weight excluding hydrogens is 372 g/mol. The number of nitrogens with zero attached hydrogens (tertiary/aromatic N) is 3. The van der Waals surface area contributed by atoms with Crippen LogP contribution in [0.5, 0.6) is 0 Å². The van der Waals surface area contributed by atoms with Crippen molar-refractivity contribution in [2.24, 2.45) is 0 Å². The number of benzene rings is 2. The van der Waals surface area contributed by atoms with Crippen molar-refractivity contribution in [2.75, 3.05) is 13.1 Å². The molecule has 1 aliphatic heterocycles. The summed E-state index contributed by atoms with van der Waals surface area (Å²) >= 11 is 0. The van der Waals surface area contributed by atoms with E-state index in [4.69, 9.17) is 0 Å². The van der Waals surface area contributed by atoms with E-state index in [1.165, 1.54) is 5.56 Å². The second kappa shape index (κ2) is 8.26. The fraction of sp³-hybridized carbons (Fsp3) is 0.286. The first-order valence-corrected chi connectivity index (χ1v) is 11.0. The first-order chi connectivity index (χ1) is 13.6. The SMILES string of the molecule is O=S(=O)(c1ccc(CNCc2ccc(-n3cccn3)cc2)cc1)N1CCCC1. The maximum Gasteiger partial charge on any atom is 0.243 e. The Hall–Kier alpha value is -2.48. The zero-order valence-corrected chi connectivity index (χ0v) is 16.5. The van der Waals surface area contributed by atoms with Gasteiger partial charge in [-0.05, 0) is 54.3 Å². The van der Waals surface area contributed by atoms with Gasteiger partial charge in [-0.3, -0.25) is 0 Å². The molecule has 0 unspecified atom stereocenters. The molecule has 7 heteroatoms. The van der Waals surface area contributed by atoms with Crippen LogP contribution in [0.4, 0.5) is 0 Å². The lowest BCUT2D eigenvalue weighted by atomic mass is 10.2. The smallest absolute Gasteiger partial charge is 0.243 e. The second-order valence-corrected chi connectivity index (χ2v) is 8.91. The molecule has 3 aromatic rings. The Morgan fingerprint density at radius 3 is 2.07 bits per heavy atom. The standard InChI is InChI=1S/C21H24N4O2S/c26-28(27,24-13-1-2-14-24)21-10-6-19(7-11-21)17-22-16-18-4-8-20(9-5-18)25-15-3-12-23-25/h3-12,15,22H,1-2,13-14,16-17H2. The molecule has 146 valence electrons. The van der Waals surface area contributed by atoms with Crippen LogP contribution in [0.1, 0.15) is 24.0 Å². The molecule has 1 fully saturated rings. The molecule has 1 aliphatic rings. The minimum atomic E-state index is -3.34. The van der Waals surface area contributed by atoms with Crippen molar-refractivity contribution < 1.29 is 8.42 Å². The van der Waals surface area contributed by atoms with Gasteiger partial charge in [0.25, 0.3) is 0 Å². The number of rotatable bonds is 7. The quantitative estimate of drug-likeness (QED) is 0.667. The van der Waals surface area contributed by atoms with E-state index in [1.54, 1.807) is 22.6 Å². The van der Waals surface area contributed by atoms with Crippen molar-refractivity contribution in [3.05, 3.63) is 78.1 Å². The van der Waals surface area contributed by atoms with E-state index in [0.717, 1.165) is 30.6 Å². The monoisotopic (exact) mass is 396 g/mol. The molecule has 1 aromatic heterocycles. The highest BCUT2D eigenvalue weighted by Gasteiger charge is 2.26. The van der Waals surface area contributed by atoms with Crippen LogP contribution in [0.3, 0.4) is 0 Å². The zero-order valence-electron chi connectivity index (χ0n) is 15.7. The maximum atomic E-state index is 12.6. The molecule has 28 heavy (non-hydrogen) atoms. The van der Waals surface area contributed by atoms with Gasteiger partial charge in [-0.15, -0.1) is 0 Å². The summed E-state index contributed by atoms with van der Waals surface area (Å²) in [7, 11) is -3.34. The number of sulfonamides is 1. The molecule has 0 aliphatic carbocycles. The third-order valence-corrected chi connectivity index (χ3v) is 6.90. The fourth-order valence-electron chi connectivity index (χ4n) is 3.40. The van der Waals surface area contributed by atoms with Crippen molar-refractivity contribution in [2.45, 2.75) is 30.8 Å². The maximum absolute atomic E-state index is 12.6. The minimum absolute atomic E-state index is 0.382. The van der Waals surface area contributed by atoms with Crippen LogP contribution < -0.4 is 5.32 Å². The highest BCUT2D eigenvalue weighted by atomic mass is 32.2. The van der Waals surface area contributed by atoms with E-state index in [9.17, 15) is 8.42 Å². The summed E-state index contributed by atoms with van der Waals surface area (Å²) in [6.45, 7) is 2.69. The molecule has 0 saturated carbocycles. The van der Waals surface area contributed by atoms with Crippen molar-refractivity contribution in [1.29, 1.82) is 0 Å². The average molecular weight is 397 g/mol. The molecule has 6 nitrogen and oxygen atoms in total. The summed E-state index contributed by atoms with van der Waals surface area (Å²) in [5.41, 5.74) is 3.28. The van der Waals surface area contributed by atoms with Crippen LogP contribution >= 0.6 is 0 Å². The summed E-state index contributed by atoms with van der Waals surface area (Å²) in [6, 6.07) is 17.3. The lowest BCUT2D eigenvalue weighted by Gasteiger charge is -2.15. The van der Waals surface area contributed by atoms with Gasteiger partial charge in [0.15, 0.2) is 0 Å². The Morgan fingerprint density at radius 2 is 1.50 bits per heavy atom. The van der Waals surface area contributed by atoms with Crippen LogP contribution in [0, 0.1) is 0 Å². The van der Waals surface area contributed by atoms with Crippen molar-refractivity contribution in [3.8, 4) is 5.69 Å². The normalized spacial score (nSPS) is 15.1. The van der Waals surface area contributed by atoms with E-state index >= 15 is 0 Å². The first-order valence-electron chi connectivity index (χ1n) is 9.52. The van der Waals surface area contributed by atoms with Gasteiger partial charge in [-0.25, -0.2) is 13.1 Å². The number of hydrogen-bond donors (Lipinski definition) is 1. The highest BCUT2D eigenvalue weighted by Crippen LogP contribution is 2.21. The van der Waals surface area contributed by atoms with E-state index in [0.29, 0.717) is 24.5 Å². The van der Waals surface area contributed by atoms with Gasteiger partial charge in [0.2, 0.25) is 10.0 Å². The van der Waals surface area contributed by atoms with Crippen molar-refractivity contribution in [1.82, 2.24) is 19.4 Å². The molecule has 1 saturated heterocycles. The third-order valence-electron chi connectivity index (χ3n) is 4.99. The highest BCUT2D eigenvalue weighted by molar-refractivity contribution is 7.89. The molecule has 2 heterocycles. The van der Waals surface area contributed by atoms with E-state index < -0.39 is 10.0 Å². The van der Waals surface area contributed by atoms with E-state index in [2.05, 4.69) is 22.5 Å². The number of hydrogen-bond acceptors (Lipinski definition) is 4. The topological polar surface area (TPSA) is 67.2 Å². The third kappa shape index (κ3) is 4.16.